The van der Waals surface area contributed by atoms with Crippen LogP contribution in [-0.2, 0) is 6.42 Å². The number of aliphatic hydroxyl groups is 1. The molecule has 0 amide bonds. The second-order valence-corrected chi connectivity index (χ2v) is 3.16. The largest absolute Gasteiger partial charge is 0.491 e. The first-order valence-corrected chi connectivity index (χ1v) is 4.74. The summed E-state index contributed by atoms with van der Waals surface area (Å²) < 4.78 is 5.28. The van der Waals surface area contributed by atoms with Gasteiger partial charge in [-0.05, 0) is 24.1 Å². The molecule has 0 aromatic heterocycles. The standard InChI is InChI=1S/C11H14N2O2/c12-7-10(13)8-15-11-3-1-9(2-4-11)5-6-14/h1-4,10,14H,5-6,8,13H2. The number of hydrogen-bond acceptors (Lipinski definition) is 4. The van der Waals surface area contributed by atoms with Crippen LogP contribution >= 0.6 is 0 Å². The topological polar surface area (TPSA) is 79.3 Å². The first kappa shape index (κ1) is 11.5. The van der Waals surface area contributed by atoms with E-state index < -0.39 is 6.04 Å². The summed E-state index contributed by atoms with van der Waals surface area (Å²) in [6.45, 7) is 0.329. The Labute approximate surface area is 88.9 Å². The number of hydrogen-bond donors (Lipinski definition) is 2. The van der Waals surface area contributed by atoms with Crippen molar-refractivity contribution >= 4 is 0 Å². The fraction of sp³-hybridized carbons (Fsp3) is 0.364. The fourth-order valence-electron chi connectivity index (χ4n) is 1.10. The third kappa shape index (κ3) is 3.98. The van der Waals surface area contributed by atoms with Gasteiger partial charge in [0.2, 0.25) is 0 Å². The predicted octanol–water partition coefficient (Wildman–Crippen LogP) is 0.451. The summed E-state index contributed by atoms with van der Waals surface area (Å²) in [4.78, 5) is 0. The van der Waals surface area contributed by atoms with Gasteiger partial charge in [-0.15, -0.1) is 0 Å². The minimum atomic E-state index is -0.595. The van der Waals surface area contributed by atoms with Gasteiger partial charge in [-0.2, -0.15) is 5.26 Å². The number of ether oxygens (including phenoxy) is 1. The molecule has 4 nitrogen and oxygen atoms in total. The quantitative estimate of drug-likeness (QED) is 0.733. The first-order valence-electron chi connectivity index (χ1n) is 4.74. The molecule has 0 aliphatic carbocycles. The Morgan fingerprint density at radius 3 is 2.60 bits per heavy atom. The van der Waals surface area contributed by atoms with E-state index in [1.807, 2.05) is 18.2 Å². The SMILES string of the molecule is N#CC(N)COc1ccc(CCO)cc1. The van der Waals surface area contributed by atoms with E-state index in [9.17, 15) is 0 Å². The molecular weight excluding hydrogens is 192 g/mol. The van der Waals surface area contributed by atoms with Crippen molar-refractivity contribution in [3.05, 3.63) is 29.8 Å². The highest BCUT2D eigenvalue weighted by Crippen LogP contribution is 2.12. The minimum absolute atomic E-state index is 0.138. The third-order valence-corrected chi connectivity index (χ3v) is 1.92. The molecule has 80 valence electrons. The van der Waals surface area contributed by atoms with Crippen LogP contribution in [0.4, 0.5) is 0 Å². The Morgan fingerprint density at radius 1 is 1.40 bits per heavy atom. The molecule has 1 aromatic rings. The first-order chi connectivity index (χ1) is 7.26. The number of rotatable bonds is 5. The van der Waals surface area contributed by atoms with Gasteiger partial charge in [-0.1, -0.05) is 12.1 Å². The van der Waals surface area contributed by atoms with Crippen LogP contribution in [0.15, 0.2) is 24.3 Å². The molecule has 3 N–H and O–H groups in total. The van der Waals surface area contributed by atoms with E-state index in [4.69, 9.17) is 20.8 Å². The van der Waals surface area contributed by atoms with Gasteiger partial charge in [-0.25, -0.2) is 0 Å². The van der Waals surface area contributed by atoms with Gasteiger partial charge in [0.05, 0.1) is 6.07 Å². The van der Waals surface area contributed by atoms with Crippen LogP contribution in [0.2, 0.25) is 0 Å². The van der Waals surface area contributed by atoms with E-state index in [2.05, 4.69) is 0 Å². The summed E-state index contributed by atoms with van der Waals surface area (Å²) in [5.41, 5.74) is 6.43. The van der Waals surface area contributed by atoms with E-state index in [-0.39, 0.29) is 13.2 Å². The number of aliphatic hydroxyl groups excluding tert-OH is 1. The van der Waals surface area contributed by atoms with Crippen LogP contribution in [0.3, 0.4) is 0 Å². The van der Waals surface area contributed by atoms with E-state index in [0.29, 0.717) is 12.2 Å². The molecule has 1 unspecified atom stereocenters. The van der Waals surface area contributed by atoms with Gasteiger partial charge in [-0.3, -0.25) is 0 Å². The molecule has 4 heteroatoms. The van der Waals surface area contributed by atoms with Crippen LogP contribution in [0.25, 0.3) is 0 Å². The molecule has 15 heavy (non-hydrogen) atoms. The van der Waals surface area contributed by atoms with Crippen molar-refractivity contribution in [1.29, 1.82) is 5.26 Å². The average Bonchev–Trinajstić information content (AvgIpc) is 2.28. The van der Waals surface area contributed by atoms with Crippen LogP contribution in [-0.4, -0.2) is 24.4 Å². The summed E-state index contributed by atoms with van der Waals surface area (Å²) in [7, 11) is 0. The van der Waals surface area contributed by atoms with Crippen LogP contribution in [0.5, 0.6) is 5.75 Å². The maximum atomic E-state index is 8.71. The van der Waals surface area contributed by atoms with Crippen molar-refractivity contribution in [2.75, 3.05) is 13.2 Å². The van der Waals surface area contributed by atoms with Gasteiger partial charge in [0.1, 0.15) is 18.4 Å². The highest BCUT2D eigenvalue weighted by Gasteiger charge is 2.00. The van der Waals surface area contributed by atoms with Crippen molar-refractivity contribution in [2.24, 2.45) is 5.73 Å². The van der Waals surface area contributed by atoms with Crippen LogP contribution in [0, 0.1) is 11.3 Å². The lowest BCUT2D eigenvalue weighted by atomic mass is 10.1. The second-order valence-electron chi connectivity index (χ2n) is 3.16. The van der Waals surface area contributed by atoms with E-state index in [0.717, 1.165) is 5.56 Å². The molecule has 0 fully saturated rings. The lowest BCUT2D eigenvalue weighted by molar-refractivity contribution is 0.298. The molecule has 0 spiro atoms. The minimum Gasteiger partial charge on any atom is -0.491 e. The zero-order valence-corrected chi connectivity index (χ0v) is 8.39. The van der Waals surface area contributed by atoms with Crippen molar-refractivity contribution < 1.29 is 9.84 Å². The van der Waals surface area contributed by atoms with E-state index >= 15 is 0 Å². The summed E-state index contributed by atoms with van der Waals surface area (Å²) in [5.74, 6) is 0.683. The summed E-state index contributed by atoms with van der Waals surface area (Å²) in [6, 6.07) is 8.65. The smallest absolute Gasteiger partial charge is 0.127 e. The third-order valence-electron chi connectivity index (χ3n) is 1.92. The maximum Gasteiger partial charge on any atom is 0.127 e. The Balaban J connectivity index is 2.46. The number of nitriles is 1. The normalized spacial score (nSPS) is 11.8. The van der Waals surface area contributed by atoms with Crippen molar-refractivity contribution in [1.82, 2.24) is 0 Å². The Bertz CT molecular complexity index is 329. The Hall–Kier alpha value is -1.57. The molecule has 0 radical (unpaired) electrons. The lowest BCUT2D eigenvalue weighted by Gasteiger charge is -2.07. The van der Waals surface area contributed by atoms with Gasteiger partial charge in [0, 0.05) is 6.61 Å². The molecule has 1 atom stereocenters. The van der Waals surface area contributed by atoms with Gasteiger partial charge in [0.15, 0.2) is 0 Å². The number of nitrogens with zero attached hydrogens (tertiary/aromatic N) is 1. The Kier molecular flexibility index (Phi) is 4.61. The molecule has 0 bridgehead atoms. The molecule has 0 aliphatic heterocycles. The van der Waals surface area contributed by atoms with E-state index in [1.165, 1.54) is 0 Å². The number of nitrogens with two attached hydrogens (primary N) is 1. The molecule has 0 saturated heterocycles. The predicted molar refractivity (Wildman–Crippen MR) is 56.3 cm³/mol. The van der Waals surface area contributed by atoms with Crippen molar-refractivity contribution in [2.45, 2.75) is 12.5 Å². The van der Waals surface area contributed by atoms with Gasteiger partial charge >= 0.3 is 0 Å². The highest BCUT2D eigenvalue weighted by molar-refractivity contribution is 5.27. The van der Waals surface area contributed by atoms with Crippen LogP contribution in [0.1, 0.15) is 5.56 Å². The summed E-state index contributed by atoms with van der Waals surface area (Å²) in [5, 5.41) is 17.2. The van der Waals surface area contributed by atoms with Gasteiger partial charge < -0.3 is 15.6 Å². The monoisotopic (exact) mass is 206 g/mol. The number of benzene rings is 1. The average molecular weight is 206 g/mol. The molecule has 0 aliphatic rings. The second kappa shape index (κ2) is 6.02. The van der Waals surface area contributed by atoms with Crippen molar-refractivity contribution in [3.8, 4) is 11.8 Å². The maximum absolute atomic E-state index is 8.71. The van der Waals surface area contributed by atoms with Crippen molar-refractivity contribution in [3.63, 3.8) is 0 Å². The van der Waals surface area contributed by atoms with Crippen LogP contribution < -0.4 is 10.5 Å². The van der Waals surface area contributed by atoms with Gasteiger partial charge in [0.25, 0.3) is 0 Å². The molecule has 1 rings (SSSR count). The zero-order valence-electron chi connectivity index (χ0n) is 8.39. The molecule has 0 heterocycles. The molecule has 0 saturated carbocycles. The summed E-state index contributed by atoms with van der Waals surface area (Å²) in [6.07, 6.45) is 0.637. The lowest BCUT2D eigenvalue weighted by Crippen LogP contribution is -2.25. The fourth-order valence-corrected chi connectivity index (χ4v) is 1.10. The molecule has 1 aromatic carbocycles. The Morgan fingerprint density at radius 2 is 2.07 bits per heavy atom. The zero-order chi connectivity index (χ0) is 11.1. The summed E-state index contributed by atoms with van der Waals surface area (Å²) >= 11 is 0. The van der Waals surface area contributed by atoms with E-state index in [1.54, 1.807) is 12.1 Å². The highest BCUT2D eigenvalue weighted by atomic mass is 16.5. The molecular formula is C11H14N2O2.